The van der Waals surface area contributed by atoms with E-state index in [0.717, 1.165) is 32.4 Å². The molecule has 3 heterocycles. The Morgan fingerprint density at radius 1 is 1.36 bits per heavy atom. The lowest BCUT2D eigenvalue weighted by Gasteiger charge is -2.39. The Morgan fingerprint density at radius 2 is 2.21 bits per heavy atom. The number of fused-ring (bicyclic) bond motifs is 2. The standard InChI is InChI=1S/C10H16N2O2/c13-8-4-7-5-11-3-1-2-9(11)10(14)12(7)6-8/h7-9,13H,1-6H2/t7-,8+,9-/m0/s1. The van der Waals surface area contributed by atoms with Crippen molar-refractivity contribution in [3.8, 4) is 0 Å². The van der Waals surface area contributed by atoms with Gasteiger partial charge in [-0.1, -0.05) is 0 Å². The van der Waals surface area contributed by atoms with Crippen molar-refractivity contribution in [3.05, 3.63) is 0 Å². The summed E-state index contributed by atoms with van der Waals surface area (Å²) in [6.07, 6.45) is 2.65. The maximum Gasteiger partial charge on any atom is 0.240 e. The number of hydrogen-bond acceptors (Lipinski definition) is 3. The van der Waals surface area contributed by atoms with Gasteiger partial charge in [0.05, 0.1) is 12.1 Å². The van der Waals surface area contributed by atoms with E-state index in [1.807, 2.05) is 4.90 Å². The van der Waals surface area contributed by atoms with Gasteiger partial charge in [0.2, 0.25) is 5.91 Å². The minimum absolute atomic E-state index is 0.136. The Kier molecular flexibility index (Phi) is 1.82. The highest BCUT2D eigenvalue weighted by Gasteiger charge is 2.46. The molecule has 3 fully saturated rings. The van der Waals surface area contributed by atoms with Crippen LogP contribution in [0.1, 0.15) is 19.3 Å². The van der Waals surface area contributed by atoms with Gasteiger partial charge in [-0.25, -0.2) is 0 Å². The Hall–Kier alpha value is -0.610. The quantitative estimate of drug-likeness (QED) is 0.564. The minimum Gasteiger partial charge on any atom is -0.391 e. The molecule has 0 saturated carbocycles. The van der Waals surface area contributed by atoms with Gasteiger partial charge in [-0.15, -0.1) is 0 Å². The third kappa shape index (κ3) is 1.10. The highest BCUT2D eigenvalue weighted by Crippen LogP contribution is 2.30. The van der Waals surface area contributed by atoms with Crippen LogP contribution < -0.4 is 0 Å². The summed E-state index contributed by atoms with van der Waals surface area (Å²) in [5, 5.41) is 9.53. The van der Waals surface area contributed by atoms with Gasteiger partial charge in [0, 0.05) is 19.1 Å². The molecule has 3 atom stereocenters. The normalized spacial score (nSPS) is 42.8. The van der Waals surface area contributed by atoms with Crippen LogP contribution >= 0.6 is 0 Å². The molecule has 0 radical (unpaired) electrons. The first-order valence-corrected chi connectivity index (χ1v) is 5.48. The van der Waals surface area contributed by atoms with Gasteiger partial charge in [-0.05, 0) is 25.8 Å². The Balaban J connectivity index is 1.84. The molecule has 0 aromatic rings. The molecule has 0 unspecified atom stereocenters. The van der Waals surface area contributed by atoms with Crippen molar-refractivity contribution in [2.45, 2.75) is 37.5 Å². The lowest BCUT2D eigenvalue weighted by atomic mass is 10.1. The summed E-state index contributed by atoms with van der Waals surface area (Å²) in [6.45, 7) is 2.61. The number of piperazine rings is 1. The summed E-state index contributed by atoms with van der Waals surface area (Å²) in [7, 11) is 0. The highest BCUT2D eigenvalue weighted by atomic mass is 16.3. The molecule has 1 amide bonds. The molecule has 0 aromatic heterocycles. The van der Waals surface area contributed by atoms with Crippen LogP contribution in [0.25, 0.3) is 0 Å². The molecule has 3 rings (SSSR count). The van der Waals surface area contributed by atoms with Crippen molar-refractivity contribution in [3.63, 3.8) is 0 Å². The third-order valence-electron chi connectivity index (χ3n) is 3.77. The van der Waals surface area contributed by atoms with Gasteiger partial charge in [0.25, 0.3) is 0 Å². The van der Waals surface area contributed by atoms with E-state index < -0.39 is 0 Å². The fourth-order valence-corrected chi connectivity index (χ4v) is 3.12. The monoisotopic (exact) mass is 196 g/mol. The van der Waals surface area contributed by atoms with E-state index in [-0.39, 0.29) is 24.1 Å². The van der Waals surface area contributed by atoms with Gasteiger partial charge in [0.15, 0.2) is 0 Å². The van der Waals surface area contributed by atoms with Crippen molar-refractivity contribution in [2.75, 3.05) is 19.6 Å². The zero-order valence-corrected chi connectivity index (χ0v) is 8.22. The highest BCUT2D eigenvalue weighted by molar-refractivity contribution is 5.83. The van der Waals surface area contributed by atoms with E-state index in [1.54, 1.807) is 0 Å². The van der Waals surface area contributed by atoms with Crippen LogP contribution in [0.4, 0.5) is 0 Å². The van der Waals surface area contributed by atoms with Crippen molar-refractivity contribution < 1.29 is 9.90 Å². The molecule has 0 aromatic carbocycles. The number of aliphatic hydroxyl groups excluding tert-OH is 1. The molecule has 14 heavy (non-hydrogen) atoms. The maximum absolute atomic E-state index is 12.0. The van der Waals surface area contributed by atoms with Gasteiger partial charge in [0.1, 0.15) is 0 Å². The number of carbonyl (C=O) groups is 1. The number of amides is 1. The number of hydrogen-bond donors (Lipinski definition) is 1. The summed E-state index contributed by atoms with van der Waals surface area (Å²) in [5.41, 5.74) is 0. The minimum atomic E-state index is -0.288. The van der Waals surface area contributed by atoms with Crippen LogP contribution in [-0.2, 0) is 4.79 Å². The van der Waals surface area contributed by atoms with Crippen LogP contribution in [0.2, 0.25) is 0 Å². The van der Waals surface area contributed by atoms with Crippen molar-refractivity contribution in [1.82, 2.24) is 9.80 Å². The zero-order chi connectivity index (χ0) is 9.71. The molecular formula is C10H16N2O2. The van der Waals surface area contributed by atoms with E-state index in [1.165, 1.54) is 0 Å². The number of nitrogens with zero attached hydrogens (tertiary/aromatic N) is 2. The largest absolute Gasteiger partial charge is 0.391 e. The van der Waals surface area contributed by atoms with Gasteiger partial charge in [-0.2, -0.15) is 0 Å². The van der Waals surface area contributed by atoms with Crippen LogP contribution in [0.5, 0.6) is 0 Å². The van der Waals surface area contributed by atoms with Crippen molar-refractivity contribution in [2.24, 2.45) is 0 Å². The maximum atomic E-state index is 12.0. The first kappa shape index (κ1) is 8.68. The van der Waals surface area contributed by atoms with E-state index in [2.05, 4.69) is 4.90 Å². The summed E-state index contributed by atoms with van der Waals surface area (Å²) in [4.78, 5) is 16.2. The van der Waals surface area contributed by atoms with Gasteiger partial charge in [-0.3, -0.25) is 9.69 Å². The first-order valence-electron chi connectivity index (χ1n) is 5.48. The zero-order valence-electron chi connectivity index (χ0n) is 8.22. The Morgan fingerprint density at radius 3 is 3.07 bits per heavy atom. The average molecular weight is 196 g/mol. The molecule has 4 nitrogen and oxygen atoms in total. The first-order chi connectivity index (χ1) is 6.75. The van der Waals surface area contributed by atoms with E-state index >= 15 is 0 Å². The fourth-order valence-electron chi connectivity index (χ4n) is 3.12. The predicted octanol–water partition coefficient (Wildman–Crippen LogP) is -0.574. The van der Waals surface area contributed by atoms with Crippen molar-refractivity contribution >= 4 is 5.91 Å². The summed E-state index contributed by atoms with van der Waals surface area (Å²) in [6, 6.07) is 0.420. The molecule has 0 spiro atoms. The van der Waals surface area contributed by atoms with Gasteiger partial charge >= 0.3 is 0 Å². The SMILES string of the molecule is O=C1[C@@H]2CCCN2C[C@@H]2C[C@@H](O)CN12. The van der Waals surface area contributed by atoms with E-state index in [0.29, 0.717) is 6.54 Å². The van der Waals surface area contributed by atoms with Crippen LogP contribution in [0, 0.1) is 0 Å². The lowest BCUT2D eigenvalue weighted by molar-refractivity contribution is -0.142. The molecule has 78 valence electrons. The molecule has 4 heteroatoms. The number of carbonyl (C=O) groups excluding carboxylic acids is 1. The second kappa shape index (κ2) is 2.94. The van der Waals surface area contributed by atoms with E-state index in [9.17, 15) is 9.90 Å². The Bertz CT molecular complexity index is 269. The van der Waals surface area contributed by atoms with E-state index in [4.69, 9.17) is 0 Å². The molecule has 0 aliphatic carbocycles. The fraction of sp³-hybridized carbons (Fsp3) is 0.900. The molecule has 1 N–H and O–H groups in total. The molecular weight excluding hydrogens is 180 g/mol. The second-order valence-corrected chi connectivity index (χ2v) is 4.69. The summed E-state index contributed by atoms with van der Waals surface area (Å²) < 4.78 is 0. The van der Waals surface area contributed by atoms with Crippen LogP contribution in [0.3, 0.4) is 0 Å². The number of rotatable bonds is 0. The number of aliphatic hydroxyl groups is 1. The molecule has 0 bridgehead atoms. The summed E-state index contributed by atoms with van der Waals surface area (Å²) >= 11 is 0. The molecule has 3 aliphatic rings. The topological polar surface area (TPSA) is 43.8 Å². The Labute approximate surface area is 83.5 Å². The molecule has 3 aliphatic heterocycles. The summed E-state index contributed by atoms with van der Waals surface area (Å²) in [5.74, 6) is 0.260. The van der Waals surface area contributed by atoms with Crippen LogP contribution in [-0.4, -0.2) is 58.6 Å². The average Bonchev–Trinajstić information content (AvgIpc) is 2.71. The smallest absolute Gasteiger partial charge is 0.240 e. The van der Waals surface area contributed by atoms with Crippen molar-refractivity contribution in [1.29, 1.82) is 0 Å². The third-order valence-corrected chi connectivity index (χ3v) is 3.77. The second-order valence-electron chi connectivity index (χ2n) is 4.69. The predicted molar refractivity (Wildman–Crippen MR) is 50.7 cm³/mol. The van der Waals surface area contributed by atoms with Gasteiger partial charge < -0.3 is 10.0 Å². The molecule has 3 saturated heterocycles. The lowest BCUT2D eigenvalue weighted by Crippen LogP contribution is -2.57. The van der Waals surface area contributed by atoms with Crippen LogP contribution in [0.15, 0.2) is 0 Å².